The minimum Gasteiger partial charge on any atom is -0.491 e. The fraction of sp³-hybridized carbons (Fsp3) is 0.610. The van der Waals surface area contributed by atoms with Gasteiger partial charge in [0.25, 0.3) is 11.8 Å². The fourth-order valence-electron chi connectivity index (χ4n) is 7.98. The van der Waals surface area contributed by atoms with Gasteiger partial charge in [-0.05, 0) is 61.1 Å². The van der Waals surface area contributed by atoms with Crippen molar-refractivity contribution in [2.45, 2.75) is 82.8 Å². The Morgan fingerprint density at radius 2 is 0.927 bits per heavy atom. The number of hydrogen-bond acceptors (Lipinski definition) is 8. The first-order valence-corrected chi connectivity index (χ1v) is 19.4. The van der Waals surface area contributed by atoms with Gasteiger partial charge in [-0.15, -0.1) is 0 Å². The number of nitrogens with one attached hydrogen (secondary N) is 2. The summed E-state index contributed by atoms with van der Waals surface area (Å²) < 4.78 is 11.7. The zero-order valence-electron chi connectivity index (χ0n) is 33.2. The second-order valence-corrected chi connectivity index (χ2v) is 17.0. The number of ether oxygens (including phenoxy) is 2. The van der Waals surface area contributed by atoms with Crippen LogP contribution in [-0.2, 0) is 24.6 Å². The van der Waals surface area contributed by atoms with E-state index in [-0.39, 0.29) is 52.7 Å². The summed E-state index contributed by atoms with van der Waals surface area (Å²) in [4.78, 5) is 49.3. The van der Waals surface area contributed by atoms with Gasteiger partial charge in [0.05, 0.1) is 51.9 Å². The minimum absolute atomic E-state index is 0.0104. The van der Waals surface area contributed by atoms with E-state index in [2.05, 4.69) is 24.7 Å². The second kappa shape index (κ2) is 18.6. The van der Waals surface area contributed by atoms with E-state index in [4.69, 9.17) is 9.47 Å². The van der Waals surface area contributed by atoms with Crippen LogP contribution in [0.5, 0.6) is 11.5 Å². The van der Waals surface area contributed by atoms with E-state index in [1.54, 1.807) is 28.2 Å². The molecular weight excluding hydrogens is 708 g/mol. The van der Waals surface area contributed by atoms with Crippen molar-refractivity contribution in [1.82, 2.24) is 10.9 Å². The van der Waals surface area contributed by atoms with Gasteiger partial charge in [0.2, 0.25) is 0 Å². The van der Waals surface area contributed by atoms with Gasteiger partial charge >= 0.3 is 11.9 Å². The summed E-state index contributed by atoms with van der Waals surface area (Å²) in [5.41, 5.74) is 7.50. The number of likely N-dealkylation sites (N-methyl/N-ethyl adjacent to an activating group) is 2. The van der Waals surface area contributed by atoms with Crippen LogP contribution in [0.25, 0.3) is 0 Å². The SMILES string of the molecule is CC(C)(c1ccc(OCC(O)C[N+](C)(C)NC(=O)C2CCCCC2C(=O)O)cc1)c1ccc(OCC(O)C[N+](C)(C)NC(=O)C2CCCCC2C(=O)O)cc1. The molecular formula is C41H62N4O10+2. The number of quaternary nitrogens is 2. The quantitative estimate of drug-likeness (QED) is 0.0967. The highest BCUT2D eigenvalue weighted by molar-refractivity contribution is 5.84. The van der Waals surface area contributed by atoms with Gasteiger partial charge in [0, 0.05) is 5.41 Å². The summed E-state index contributed by atoms with van der Waals surface area (Å²) in [5.74, 6) is -3.88. The largest absolute Gasteiger partial charge is 0.491 e. The number of carbonyl (C=O) groups is 4. The predicted octanol–water partition coefficient (Wildman–Crippen LogP) is 3.49. The summed E-state index contributed by atoms with van der Waals surface area (Å²) in [6.45, 7) is 4.57. The Morgan fingerprint density at radius 1 is 0.618 bits per heavy atom. The molecule has 0 saturated heterocycles. The molecule has 0 spiro atoms. The molecule has 6 unspecified atom stereocenters. The van der Waals surface area contributed by atoms with Crippen LogP contribution in [0.4, 0.5) is 0 Å². The van der Waals surface area contributed by atoms with Crippen LogP contribution in [0.2, 0.25) is 0 Å². The van der Waals surface area contributed by atoms with E-state index >= 15 is 0 Å². The lowest BCUT2D eigenvalue weighted by Gasteiger charge is -2.34. The zero-order valence-corrected chi connectivity index (χ0v) is 33.2. The van der Waals surface area contributed by atoms with E-state index in [1.807, 2.05) is 48.5 Å². The maximum Gasteiger partial charge on any atom is 0.307 e. The standard InChI is InChI=1S/C41H60N4O10/c1-41(2,27-15-19-31(20-16-27)54-25-29(46)23-44(3,4)42-37(48)33-11-7-9-13-35(33)39(50)51)28-17-21-32(22-18-28)55-26-30(47)24-45(5,6)43-38(49)34-12-8-10-14-36(34)40(52)53/h15-22,29-30,33-36,46-47H,7-14,23-26H2,1-6H3,(H2-2,42,43,48,49,50,51,52,53)/p+2. The molecule has 0 bridgehead atoms. The van der Waals surface area contributed by atoms with Crippen LogP contribution in [0, 0.1) is 23.7 Å². The van der Waals surface area contributed by atoms with Crippen LogP contribution in [0.3, 0.4) is 0 Å². The number of carbonyl (C=O) groups excluding carboxylic acids is 2. The number of aliphatic hydroxyl groups excluding tert-OH is 2. The molecule has 55 heavy (non-hydrogen) atoms. The highest BCUT2D eigenvalue weighted by Crippen LogP contribution is 2.34. The Morgan fingerprint density at radius 3 is 1.24 bits per heavy atom. The summed E-state index contributed by atoms with van der Waals surface area (Å²) in [6.07, 6.45) is 3.53. The van der Waals surface area contributed by atoms with Crippen molar-refractivity contribution in [1.29, 1.82) is 0 Å². The molecule has 2 saturated carbocycles. The molecule has 2 aliphatic carbocycles. The van der Waals surface area contributed by atoms with Gasteiger partial charge in [-0.1, -0.05) is 63.8 Å². The topological polar surface area (TPSA) is 192 Å². The third kappa shape index (κ3) is 12.4. The monoisotopic (exact) mass is 770 g/mol. The maximum atomic E-state index is 13.0. The molecule has 6 N–H and O–H groups in total. The van der Waals surface area contributed by atoms with E-state index in [0.29, 0.717) is 37.2 Å². The van der Waals surface area contributed by atoms with Gasteiger partial charge in [-0.2, -0.15) is 0 Å². The summed E-state index contributed by atoms with van der Waals surface area (Å²) >= 11 is 0. The average molecular weight is 771 g/mol. The van der Waals surface area contributed by atoms with Gasteiger partial charge in [0.15, 0.2) is 0 Å². The molecule has 14 nitrogen and oxygen atoms in total. The molecule has 0 aromatic heterocycles. The first-order valence-electron chi connectivity index (χ1n) is 19.4. The Kier molecular flexibility index (Phi) is 14.7. The van der Waals surface area contributed by atoms with Gasteiger partial charge in [-0.3, -0.25) is 19.2 Å². The lowest BCUT2D eigenvalue weighted by atomic mass is 9.78. The van der Waals surface area contributed by atoms with E-state index in [0.717, 1.165) is 36.8 Å². The predicted molar refractivity (Wildman–Crippen MR) is 204 cm³/mol. The van der Waals surface area contributed by atoms with Crippen molar-refractivity contribution in [2.24, 2.45) is 23.7 Å². The Hall–Kier alpha value is -4.24. The smallest absolute Gasteiger partial charge is 0.307 e. The molecule has 14 heteroatoms. The van der Waals surface area contributed by atoms with Crippen LogP contribution in [0.15, 0.2) is 48.5 Å². The van der Waals surface area contributed by atoms with Crippen LogP contribution in [-0.4, -0.2) is 120 Å². The number of aliphatic hydroxyl groups is 2. The highest BCUT2D eigenvalue weighted by Gasteiger charge is 2.40. The number of benzene rings is 2. The van der Waals surface area contributed by atoms with Gasteiger partial charge < -0.3 is 29.9 Å². The Balaban J connectivity index is 1.23. The summed E-state index contributed by atoms with van der Waals surface area (Å²) in [6, 6.07) is 15.3. The molecule has 0 heterocycles. The fourth-order valence-corrected chi connectivity index (χ4v) is 7.98. The summed E-state index contributed by atoms with van der Waals surface area (Å²) in [5, 5.41) is 40.6. The third-order valence-electron chi connectivity index (χ3n) is 11.0. The van der Waals surface area contributed by atoms with Crippen molar-refractivity contribution < 1.29 is 58.3 Å². The van der Waals surface area contributed by atoms with Crippen molar-refractivity contribution in [3.63, 3.8) is 0 Å². The summed E-state index contributed by atoms with van der Waals surface area (Å²) in [7, 11) is 7.01. The molecule has 4 rings (SSSR count). The molecule has 6 atom stereocenters. The number of amides is 2. The zero-order chi connectivity index (χ0) is 40.6. The Bertz CT molecular complexity index is 1490. The molecule has 304 valence electrons. The number of hydrogen-bond donors (Lipinski definition) is 6. The van der Waals surface area contributed by atoms with Crippen molar-refractivity contribution in [3.8, 4) is 11.5 Å². The second-order valence-electron chi connectivity index (χ2n) is 17.0. The Labute approximate surface area is 324 Å². The first kappa shape index (κ1) is 43.5. The van der Waals surface area contributed by atoms with E-state index in [9.17, 15) is 39.6 Å². The average Bonchev–Trinajstić information content (AvgIpc) is 3.12. The van der Waals surface area contributed by atoms with E-state index in [1.165, 1.54) is 0 Å². The van der Waals surface area contributed by atoms with Crippen LogP contribution in [0.1, 0.15) is 76.3 Å². The number of nitrogens with zero attached hydrogens (tertiary/aromatic N) is 2. The maximum absolute atomic E-state index is 13.0. The number of carboxylic acid groups (broad SMARTS) is 2. The van der Waals surface area contributed by atoms with Crippen molar-refractivity contribution in [2.75, 3.05) is 54.5 Å². The van der Waals surface area contributed by atoms with Crippen molar-refractivity contribution >= 4 is 23.8 Å². The number of aliphatic carboxylic acids is 2. The molecule has 0 radical (unpaired) electrons. The van der Waals surface area contributed by atoms with E-state index < -0.39 is 47.8 Å². The normalized spacial score (nSPS) is 21.8. The highest BCUT2D eigenvalue weighted by atomic mass is 16.5. The van der Waals surface area contributed by atoms with Crippen LogP contribution < -0.4 is 20.3 Å². The molecule has 2 fully saturated rings. The van der Waals surface area contributed by atoms with Crippen molar-refractivity contribution in [3.05, 3.63) is 59.7 Å². The van der Waals surface area contributed by atoms with Gasteiger partial charge in [0.1, 0.15) is 50.0 Å². The number of carboxylic acids is 2. The third-order valence-corrected chi connectivity index (χ3v) is 11.0. The minimum atomic E-state index is -0.944. The lowest BCUT2D eigenvalue weighted by Crippen LogP contribution is -2.60. The first-order chi connectivity index (χ1) is 25.8. The lowest BCUT2D eigenvalue weighted by molar-refractivity contribution is -0.928. The van der Waals surface area contributed by atoms with Gasteiger partial charge in [-0.25, -0.2) is 20.0 Å². The molecule has 0 aliphatic heterocycles. The van der Waals surface area contributed by atoms with Crippen LogP contribution >= 0.6 is 0 Å². The molecule has 2 amide bonds. The molecule has 2 aliphatic rings. The molecule has 2 aromatic rings. The number of rotatable bonds is 18. The molecule has 2 aromatic carbocycles.